The number of aromatic nitrogens is 4. The van der Waals surface area contributed by atoms with Gasteiger partial charge in [0.15, 0.2) is 0 Å². The van der Waals surface area contributed by atoms with E-state index >= 15 is 0 Å². The first-order valence-electron chi connectivity index (χ1n) is 9.72. The van der Waals surface area contributed by atoms with Crippen LogP contribution in [0, 0.1) is 6.92 Å². The Bertz CT molecular complexity index is 1290. The fraction of sp³-hybridized carbons (Fsp3) is 0.182. The van der Waals surface area contributed by atoms with E-state index in [1.807, 2.05) is 42.5 Å². The molecular formula is C22H21N5O4S. The van der Waals surface area contributed by atoms with Crippen molar-refractivity contribution < 1.29 is 13.9 Å². The molecule has 32 heavy (non-hydrogen) atoms. The molecule has 2 aromatic heterocycles. The Hall–Kier alpha value is -3.79. The zero-order valence-electron chi connectivity index (χ0n) is 17.7. The molecule has 0 spiro atoms. The van der Waals surface area contributed by atoms with Gasteiger partial charge in [0.2, 0.25) is 11.8 Å². The summed E-state index contributed by atoms with van der Waals surface area (Å²) in [6, 6.07) is 16.5. The van der Waals surface area contributed by atoms with Crippen molar-refractivity contribution in [1.29, 1.82) is 0 Å². The number of amides is 1. The maximum Gasteiger partial charge on any atom is 0.295 e. The molecule has 1 N–H and O–H groups in total. The van der Waals surface area contributed by atoms with Gasteiger partial charge in [-0.2, -0.15) is 0 Å². The largest absolute Gasteiger partial charge is 0.497 e. The number of nitrogens with zero attached hydrogens (tertiary/aromatic N) is 4. The number of nitrogens with one attached hydrogen (secondary N) is 1. The van der Waals surface area contributed by atoms with Gasteiger partial charge in [0.05, 0.1) is 24.2 Å². The molecule has 9 nitrogen and oxygen atoms in total. The van der Waals surface area contributed by atoms with Crippen LogP contribution in [0.25, 0.3) is 17.1 Å². The Balaban J connectivity index is 1.43. The Morgan fingerprint density at radius 1 is 1.12 bits per heavy atom. The first-order chi connectivity index (χ1) is 15.5. The van der Waals surface area contributed by atoms with Gasteiger partial charge in [-0.25, -0.2) is 4.68 Å². The zero-order chi connectivity index (χ0) is 22.7. The van der Waals surface area contributed by atoms with Crippen LogP contribution in [0.2, 0.25) is 0 Å². The lowest BCUT2D eigenvalue weighted by Gasteiger charge is -2.07. The molecule has 10 heteroatoms. The van der Waals surface area contributed by atoms with Crippen molar-refractivity contribution >= 4 is 23.4 Å². The highest BCUT2D eigenvalue weighted by Crippen LogP contribution is 2.25. The molecule has 0 saturated heterocycles. The molecular weight excluding hydrogens is 430 g/mol. The highest BCUT2D eigenvalue weighted by Gasteiger charge is 2.19. The fourth-order valence-electron chi connectivity index (χ4n) is 3.13. The van der Waals surface area contributed by atoms with Crippen LogP contribution in [-0.2, 0) is 11.8 Å². The molecule has 2 aromatic carbocycles. The van der Waals surface area contributed by atoms with E-state index in [-0.39, 0.29) is 28.1 Å². The van der Waals surface area contributed by atoms with Crippen molar-refractivity contribution in [2.75, 3.05) is 18.2 Å². The molecule has 0 fully saturated rings. The predicted octanol–water partition coefficient (Wildman–Crippen LogP) is 3.27. The second-order valence-corrected chi connectivity index (χ2v) is 7.80. The molecule has 0 radical (unpaired) electrons. The number of carbonyl (C=O) groups excluding carboxylic acids is 1. The van der Waals surface area contributed by atoms with Crippen molar-refractivity contribution in [2.24, 2.45) is 7.05 Å². The lowest BCUT2D eigenvalue weighted by atomic mass is 10.2. The normalized spacial score (nSPS) is 10.8. The molecule has 4 aromatic rings. The van der Waals surface area contributed by atoms with Gasteiger partial charge < -0.3 is 14.5 Å². The van der Waals surface area contributed by atoms with Gasteiger partial charge in [-0.3, -0.25) is 14.3 Å². The predicted molar refractivity (Wildman–Crippen MR) is 121 cm³/mol. The van der Waals surface area contributed by atoms with Gasteiger partial charge in [0.25, 0.3) is 10.8 Å². The highest BCUT2D eigenvalue weighted by atomic mass is 32.2. The molecule has 164 valence electrons. The van der Waals surface area contributed by atoms with Gasteiger partial charge >= 0.3 is 0 Å². The van der Waals surface area contributed by atoms with E-state index in [1.165, 1.54) is 4.68 Å². The van der Waals surface area contributed by atoms with Gasteiger partial charge in [0.1, 0.15) is 11.4 Å². The van der Waals surface area contributed by atoms with E-state index in [9.17, 15) is 9.59 Å². The van der Waals surface area contributed by atoms with Gasteiger partial charge in [-0.05, 0) is 43.3 Å². The summed E-state index contributed by atoms with van der Waals surface area (Å²) in [5, 5.41) is 11.0. The van der Waals surface area contributed by atoms with E-state index < -0.39 is 0 Å². The third-order valence-corrected chi connectivity index (χ3v) is 5.71. The van der Waals surface area contributed by atoms with Crippen LogP contribution in [0.4, 0.5) is 5.69 Å². The molecule has 0 aliphatic carbocycles. The molecule has 0 saturated carbocycles. The van der Waals surface area contributed by atoms with Gasteiger partial charge in [-0.15, -0.1) is 10.2 Å². The van der Waals surface area contributed by atoms with Gasteiger partial charge in [-0.1, -0.05) is 30.0 Å². The number of benzene rings is 2. The monoisotopic (exact) mass is 451 g/mol. The Morgan fingerprint density at radius 3 is 2.53 bits per heavy atom. The molecule has 0 bridgehead atoms. The van der Waals surface area contributed by atoms with E-state index in [2.05, 4.69) is 15.5 Å². The molecule has 0 aliphatic rings. The minimum Gasteiger partial charge on any atom is -0.497 e. The van der Waals surface area contributed by atoms with Crippen LogP contribution < -0.4 is 15.6 Å². The smallest absolute Gasteiger partial charge is 0.295 e. The molecule has 2 heterocycles. The first kappa shape index (κ1) is 21.4. The summed E-state index contributed by atoms with van der Waals surface area (Å²) in [5.74, 6) is 0.746. The minimum atomic E-state index is -0.342. The second-order valence-electron chi connectivity index (χ2n) is 6.87. The Labute approximate surface area is 188 Å². The molecule has 0 atom stereocenters. The number of anilines is 1. The summed E-state index contributed by atoms with van der Waals surface area (Å²) in [6.45, 7) is 1.78. The van der Waals surface area contributed by atoms with Gasteiger partial charge in [0, 0.05) is 12.6 Å². The number of para-hydroxylation sites is 1. The summed E-state index contributed by atoms with van der Waals surface area (Å²) in [6.07, 6.45) is 0. The zero-order valence-corrected chi connectivity index (χ0v) is 18.5. The van der Waals surface area contributed by atoms with Crippen molar-refractivity contribution in [1.82, 2.24) is 19.6 Å². The maximum atomic E-state index is 12.9. The average Bonchev–Trinajstić information content (AvgIpc) is 3.37. The quantitative estimate of drug-likeness (QED) is 0.430. The fourth-order valence-corrected chi connectivity index (χ4v) is 3.70. The lowest BCUT2D eigenvalue weighted by molar-refractivity contribution is -0.113. The number of ether oxygens (including phenoxy) is 1. The van der Waals surface area contributed by atoms with Crippen LogP contribution in [0.3, 0.4) is 0 Å². The van der Waals surface area contributed by atoms with Crippen LogP contribution in [0.15, 0.2) is 69.0 Å². The SMILES string of the molecule is COc1ccc(-c2nnc(SCC(=O)Nc3c(C)n(C)n(-c4ccccc4)c3=O)o2)cc1. The van der Waals surface area contributed by atoms with E-state index in [4.69, 9.17) is 9.15 Å². The highest BCUT2D eigenvalue weighted by molar-refractivity contribution is 7.99. The molecule has 4 rings (SSSR count). The van der Waals surface area contributed by atoms with Crippen molar-refractivity contribution in [3.05, 3.63) is 70.6 Å². The lowest BCUT2D eigenvalue weighted by Crippen LogP contribution is -2.23. The number of methoxy groups -OCH3 is 1. The summed E-state index contributed by atoms with van der Waals surface area (Å²) >= 11 is 1.10. The van der Waals surface area contributed by atoms with Crippen molar-refractivity contribution in [2.45, 2.75) is 12.1 Å². The summed E-state index contributed by atoms with van der Waals surface area (Å²) < 4.78 is 14.0. The summed E-state index contributed by atoms with van der Waals surface area (Å²) in [4.78, 5) is 25.4. The van der Waals surface area contributed by atoms with Crippen LogP contribution in [0.1, 0.15) is 5.69 Å². The Morgan fingerprint density at radius 2 is 1.84 bits per heavy atom. The summed E-state index contributed by atoms with van der Waals surface area (Å²) in [5.41, 5.74) is 2.06. The summed E-state index contributed by atoms with van der Waals surface area (Å²) in [7, 11) is 3.36. The molecule has 0 unspecified atom stereocenters. The number of carbonyl (C=O) groups is 1. The Kier molecular flexibility index (Phi) is 6.13. The number of hydrogen-bond donors (Lipinski definition) is 1. The van der Waals surface area contributed by atoms with E-state index in [0.717, 1.165) is 28.8 Å². The number of rotatable bonds is 7. The third-order valence-electron chi connectivity index (χ3n) is 4.89. The number of hydrogen-bond acceptors (Lipinski definition) is 7. The average molecular weight is 452 g/mol. The molecule has 1 amide bonds. The first-order valence-corrected chi connectivity index (χ1v) is 10.7. The van der Waals surface area contributed by atoms with Crippen LogP contribution >= 0.6 is 11.8 Å². The van der Waals surface area contributed by atoms with Crippen LogP contribution in [0.5, 0.6) is 5.75 Å². The number of thioether (sulfide) groups is 1. The van der Waals surface area contributed by atoms with E-state index in [0.29, 0.717) is 11.6 Å². The van der Waals surface area contributed by atoms with Crippen molar-refractivity contribution in [3.63, 3.8) is 0 Å². The van der Waals surface area contributed by atoms with E-state index in [1.54, 1.807) is 37.9 Å². The standard InChI is InChI=1S/C22H21N5O4S/c1-14-19(21(29)27(26(14)2)16-7-5-4-6-8-16)23-18(28)13-32-22-25-24-20(31-22)15-9-11-17(30-3)12-10-15/h4-12H,13H2,1-3H3,(H,23,28). The van der Waals surface area contributed by atoms with Crippen molar-refractivity contribution in [3.8, 4) is 22.9 Å². The maximum absolute atomic E-state index is 12.9. The third kappa shape index (κ3) is 4.30. The topological polar surface area (TPSA) is 104 Å². The second kappa shape index (κ2) is 9.15. The molecule has 0 aliphatic heterocycles. The van der Waals surface area contributed by atoms with Crippen LogP contribution in [-0.4, -0.2) is 38.3 Å². The minimum absolute atomic E-state index is 0.0172.